The Kier molecular flexibility index (Phi) is 7.48. The summed E-state index contributed by atoms with van der Waals surface area (Å²) in [7, 11) is -3.25. The molecule has 0 spiro atoms. The fourth-order valence-corrected chi connectivity index (χ4v) is 3.37. The number of hydrogen-bond acceptors (Lipinski definition) is 9. The summed E-state index contributed by atoms with van der Waals surface area (Å²) in [4.78, 5) is 35.2. The molecule has 0 saturated heterocycles. The number of pyridine rings is 1. The third-order valence-corrected chi connectivity index (χ3v) is 5.31. The zero-order valence-electron chi connectivity index (χ0n) is 18.8. The second-order valence-electron chi connectivity index (χ2n) is 7.38. The number of nitrogens with zero attached hydrogens (tertiary/aromatic N) is 3. The quantitative estimate of drug-likeness (QED) is 0.192. The lowest BCUT2D eigenvalue weighted by Crippen LogP contribution is -2.17. The smallest absolute Gasteiger partial charge is 0.267 e. The summed E-state index contributed by atoms with van der Waals surface area (Å²) in [5.41, 5.74) is 4.41. The average molecular weight is 544 g/mol. The first-order valence-corrected chi connectivity index (χ1v) is 11.6. The van der Waals surface area contributed by atoms with Crippen molar-refractivity contribution < 1.29 is 35.9 Å². The summed E-state index contributed by atoms with van der Waals surface area (Å²) in [5.74, 6) is -5.06. The third kappa shape index (κ3) is 6.01. The Morgan fingerprint density at radius 1 is 0.947 bits per heavy atom. The second-order valence-corrected chi connectivity index (χ2v) is 8.30. The zero-order valence-corrected chi connectivity index (χ0v) is 19.7. The minimum Gasteiger partial charge on any atom is -0.454 e. The lowest BCUT2D eigenvalue weighted by atomic mass is 10.2. The molecule has 194 valence electrons. The van der Waals surface area contributed by atoms with E-state index in [1.54, 1.807) is 0 Å². The molecule has 11 nitrogen and oxygen atoms in total. The number of aromatic nitrogens is 3. The Morgan fingerprint density at radius 3 is 2.42 bits per heavy atom. The van der Waals surface area contributed by atoms with Crippen LogP contribution < -0.4 is 21.1 Å². The molecule has 2 amide bonds. The molecule has 0 unspecified atom stereocenters. The number of carbonyl (C=O) groups is 2. The number of halogens is 3. The molecule has 38 heavy (non-hydrogen) atoms. The van der Waals surface area contributed by atoms with E-state index in [-0.39, 0.29) is 39.9 Å². The lowest BCUT2D eigenvalue weighted by Gasteiger charge is -2.13. The van der Waals surface area contributed by atoms with E-state index in [2.05, 4.69) is 25.6 Å². The topological polar surface area (TPSA) is 166 Å². The Bertz CT molecular complexity index is 1640. The van der Waals surface area contributed by atoms with Gasteiger partial charge in [0.1, 0.15) is 34.5 Å². The van der Waals surface area contributed by atoms with Crippen LogP contribution in [0, 0.1) is 17.5 Å². The molecule has 0 bridgehead atoms. The Balaban J connectivity index is 1.61. The first kappa shape index (κ1) is 26.0. The molecular formula is C23H15F3N6O5S. The van der Waals surface area contributed by atoms with Crippen LogP contribution in [0.1, 0.15) is 20.8 Å². The fraction of sp³-hybridized carbons (Fsp3) is 0. The number of hydrogen-bond donors (Lipinski definition) is 4. The zero-order chi connectivity index (χ0) is 27.4. The van der Waals surface area contributed by atoms with Gasteiger partial charge >= 0.3 is 0 Å². The van der Waals surface area contributed by atoms with Crippen molar-refractivity contribution in [2.75, 3.05) is 10.6 Å². The van der Waals surface area contributed by atoms with E-state index >= 15 is 0 Å². The summed E-state index contributed by atoms with van der Waals surface area (Å²) in [6.07, 6.45) is 2.13. The molecule has 4 rings (SSSR count). The number of carbonyl (C=O) groups excluding carboxylic acids is 2. The van der Waals surface area contributed by atoms with Crippen LogP contribution in [0.5, 0.6) is 11.5 Å². The van der Waals surface area contributed by atoms with Crippen LogP contribution in [0.15, 0.2) is 66.1 Å². The van der Waals surface area contributed by atoms with Crippen LogP contribution in [-0.2, 0) is 10.7 Å². The van der Waals surface area contributed by atoms with Crippen LogP contribution in [0.3, 0.4) is 0 Å². The molecule has 0 atom stereocenters. The van der Waals surface area contributed by atoms with Crippen molar-refractivity contribution in [2.24, 2.45) is 5.73 Å². The Hall–Kier alpha value is -5.05. The van der Waals surface area contributed by atoms with E-state index in [9.17, 15) is 31.2 Å². The van der Waals surface area contributed by atoms with E-state index in [1.165, 1.54) is 30.5 Å². The van der Waals surface area contributed by atoms with Gasteiger partial charge in [0.15, 0.2) is 11.6 Å². The maximum absolute atomic E-state index is 14.8. The van der Waals surface area contributed by atoms with Crippen molar-refractivity contribution in [3.8, 4) is 11.5 Å². The fourth-order valence-electron chi connectivity index (χ4n) is 3.04. The summed E-state index contributed by atoms with van der Waals surface area (Å²) in [6, 6.07) is 8.57. The number of amides is 2. The summed E-state index contributed by atoms with van der Waals surface area (Å²) in [5, 5.41) is 4.18. The highest BCUT2D eigenvalue weighted by Crippen LogP contribution is 2.29. The van der Waals surface area contributed by atoms with E-state index in [1.807, 2.05) is 0 Å². The van der Waals surface area contributed by atoms with Crippen LogP contribution in [-0.4, -0.2) is 35.2 Å². The average Bonchev–Trinajstić information content (AvgIpc) is 2.87. The van der Waals surface area contributed by atoms with E-state index in [4.69, 9.17) is 10.5 Å². The Labute approximate surface area is 213 Å². The van der Waals surface area contributed by atoms with Crippen molar-refractivity contribution in [1.82, 2.24) is 15.0 Å². The van der Waals surface area contributed by atoms with Gasteiger partial charge in [-0.2, -0.15) is 0 Å². The molecule has 0 radical (unpaired) electrons. The second kappa shape index (κ2) is 10.9. The standard InChI is InChI=1S/C23H15F3N6O5S/c24-11-1-3-17(15(25)7-11)31-22(34)14-10-29-23(38(35)36)32-21(14)30-12-2-4-19(16(26)8-12)37-13-5-6-28-18(9-13)20(27)33/h1-10,38H,(H2,27,33)(H,31,34)(H,29,30,32). The molecule has 0 fully saturated rings. The molecule has 15 heteroatoms. The lowest BCUT2D eigenvalue weighted by molar-refractivity contribution is 0.0993. The molecule has 0 aliphatic carbocycles. The predicted molar refractivity (Wildman–Crippen MR) is 127 cm³/mol. The van der Waals surface area contributed by atoms with Gasteiger partial charge in [-0.15, -0.1) is 0 Å². The van der Waals surface area contributed by atoms with Gasteiger partial charge in [0.2, 0.25) is 15.9 Å². The predicted octanol–water partition coefficient (Wildman–Crippen LogP) is 3.15. The van der Waals surface area contributed by atoms with Gasteiger partial charge in [0.25, 0.3) is 11.8 Å². The molecule has 2 aromatic carbocycles. The first-order chi connectivity index (χ1) is 18.1. The monoisotopic (exact) mass is 544 g/mol. The summed E-state index contributed by atoms with van der Waals surface area (Å²) >= 11 is 0. The van der Waals surface area contributed by atoms with Crippen LogP contribution in [0.2, 0.25) is 0 Å². The van der Waals surface area contributed by atoms with Crippen LogP contribution in [0.25, 0.3) is 0 Å². The summed E-state index contributed by atoms with van der Waals surface area (Å²) in [6.45, 7) is 0. The van der Waals surface area contributed by atoms with Crippen LogP contribution in [0.4, 0.5) is 30.4 Å². The van der Waals surface area contributed by atoms with Gasteiger partial charge in [-0.05, 0) is 30.3 Å². The number of rotatable bonds is 8. The number of thiol groups is 1. The number of ether oxygens (including phenoxy) is 1. The van der Waals surface area contributed by atoms with Gasteiger partial charge in [-0.1, -0.05) is 0 Å². The summed E-state index contributed by atoms with van der Waals surface area (Å²) < 4.78 is 70.1. The molecule has 0 aliphatic heterocycles. The normalized spacial score (nSPS) is 10.7. The maximum Gasteiger partial charge on any atom is 0.267 e. The van der Waals surface area contributed by atoms with E-state index in [0.29, 0.717) is 6.07 Å². The molecule has 0 aliphatic rings. The van der Waals surface area contributed by atoms with Crippen molar-refractivity contribution >= 4 is 39.7 Å². The molecule has 4 aromatic rings. The maximum atomic E-state index is 14.8. The third-order valence-electron chi connectivity index (χ3n) is 4.77. The van der Waals surface area contributed by atoms with Crippen molar-refractivity contribution in [2.45, 2.75) is 5.16 Å². The Morgan fingerprint density at radius 2 is 1.74 bits per heavy atom. The highest BCUT2D eigenvalue weighted by Gasteiger charge is 2.19. The number of benzene rings is 2. The number of primary amides is 1. The van der Waals surface area contributed by atoms with Crippen molar-refractivity contribution in [3.05, 3.63) is 89.6 Å². The molecule has 0 saturated carbocycles. The van der Waals surface area contributed by atoms with Crippen molar-refractivity contribution in [1.29, 1.82) is 0 Å². The largest absolute Gasteiger partial charge is 0.454 e. The van der Waals surface area contributed by atoms with Gasteiger partial charge in [0, 0.05) is 36.3 Å². The highest BCUT2D eigenvalue weighted by molar-refractivity contribution is 7.72. The molecule has 4 N–H and O–H groups in total. The SMILES string of the molecule is NC(=O)c1cc(Oc2ccc(Nc3nc([SH](=O)=O)ncc3C(=O)Nc3ccc(F)cc3F)cc2F)ccn1. The van der Waals surface area contributed by atoms with Gasteiger partial charge in [0.05, 0.1) is 5.69 Å². The molecule has 2 heterocycles. The minimum atomic E-state index is -3.25. The van der Waals surface area contributed by atoms with E-state index in [0.717, 1.165) is 24.4 Å². The number of nitrogens with two attached hydrogens (primary N) is 1. The van der Waals surface area contributed by atoms with Gasteiger partial charge in [-0.3, -0.25) is 14.6 Å². The minimum absolute atomic E-state index is 0.0233. The van der Waals surface area contributed by atoms with Crippen molar-refractivity contribution in [3.63, 3.8) is 0 Å². The highest BCUT2D eigenvalue weighted by atomic mass is 32.2. The number of nitrogens with one attached hydrogen (secondary N) is 2. The van der Waals surface area contributed by atoms with Gasteiger partial charge in [-0.25, -0.2) is 31.6 Å². The van der Waals surface area contributed by atoms with Crippen LogP contribution >= 0.6 is 0 Å². The van der Waals surface area contributed by atoms with Gasteiger partial charge < -0.3 is 21.1 Å². The molecular weight excluding hydrogens is 529 g/mol. The van der Waals surface area contributed by atoms with E-state index < -0.39 is 45.1 Å². The molecule has 2 aromatic heterocycles. The first-order valence-electron chi connectivity index (χ1n) is 10.4. The number of anilines is 3.